The third-order valence-electron chi connectivity index (χ3n) is 5.55. The maximum absolute atomic E-state index is 9.69. The molecular weight excluding hydrogens is 300 g/mol. The molecule has 130 valence electrons. The second-order valence-corrected chi connectivity index (χ2v) is 6.91. The first-order valence-corrected chi connectivity index (χ1v) is 9.22. The Kier molecular flexibility index (Phi) is 5.52. The Morgan fingerprint density at radius 3 is 2.54 bits per heavy atom. The molecule has 2 aliphatic rings. The minimum absolute atomic E-state index is 0.0774. The zero-order valence-electron chi connectivity index (χ0n) is 14.6. The predicted molar refractivity (Wildman–Crippen MR) is 95.6 cm³/mol. The minimum Gasteiger partial charge on any atom is -0.383 e. The normalized spacial score (nSPS) is 21.4. The summed E-state index contributed by atoms with van der Waals surface area (Å²) >= 11 is 0. The smallest absolute Gasteiger partial charge is 0.137 e. The van der Waals surface area contributed by atoms with Crippen LogP contribution in [0.4, 0.5) is 11.6 Å². The monoisotopic (exact) mass is 328 g/mol. The first-order chi connectivity index (χ1) is 11.7. The Morgan fingerprint density at radius 2 is 1.92 bits per heavy atom. The van der Waals surface area contributed by atoms with E-state index in [2.05, 4.69) is 32.8 Å². The quantitative estimate of drug-likeness (QED) is 0.912. The summed E-state index contributed by atoms with van der Waals surface area (Å²) in [6.45, 7) is 5.72. The summed E-state index contributed by atoms with van der Waals surface area (Å²) in [4.78, 5) is 13.2. The van der Waals surface area contributed by atoms with Crippen molar-refractivity contribution in [2.75, 3.05) is 36.8 Å². The van der Waals surface area contributed by atoms with Crippen molar-refractivity contribution in [2.45, 2.75) is 51.5 Å². The van der Waals surface area contributed by atoms with Crippen molar-refractivity contribution in [3.8, 4) is 6.07 Å². The van der Waals surface area contributed by atoms with Crippen LogP contribution in [0.25, 0.3) is 0 Å². The largest absolute Gasteiger partial charge is 0.383 e. The highest BCUT2D eigenvalue weighted by Crippen LogP contribution is 2.30. The number of rotatable bonds is 4. The van der Waals surface area contributed by atoms with E-state index in [-0.39, 0.29) is 6.04 Å². The summed E-state index contributed by atoms with van der Waals surface area (Å²) in [5.74, 6) is 2.11. The van der Waals surface area contributed by atoms with Crippen LogP contribution in [0.3, 0.4) is 0 Å². The van der Waals surface area contributed by atoms with Crippen LogP contribution < -0.4 is 10.6 Å². The molecule has 3 rings (SSSR count). The number of hydrogen-bond donors (Lipinski definition) is 1. The van der Waals surface area contributed by atoms with Gasteiger partial charge in [0.25, 0.3) is 0 Å². The topological polar surface area (TPSA) is 82.1 Å². The van der Waals surface area contributed by atoms with Gasteiger partial charge in [-0.05, 0) is 25.2 Å². The first kappa shape index (κ1) is 17.0. The number of nitriles is 1. The molecule has 0 aromatic carbocycles. The van der Waals surface area contributed by atoms with Crippen molar-refractivity contribution in [1.82, 2.24) is 14.9 Å². The molecule has 1 aliphatic heterocycles. The van der Waals surface area contributed by atoms with E-state index in [0.29, 0.717) is 11.7 Å². The van der Waals surface area contributed by atoms with Crippen molar-refractivity contribution < 1.29 is 0 Å². The summed E-state index contributed by atoms with van der Waals surface area (Å²) < 4.78 is 0. The minimum atomic E-state index is 0.0774. The van der Waals surface area contributed by atoms with Gasteiger partial charge in [-0.2, -0.15) is 5.26 Å². The zero-order chi connectivity index (χ0) is 16.9. The Balaban J connectivity index is 1.65. The Morgan fingerprint density at radius 1 is 1.21 bits per heavy atom. The van der Waals surface area contributed by atoms with Gasteiger partial charge in [0.2, 0.25) is 0 Å². The zero-order valence-corrected chi connectivity index (χ0v) is 14.6. The highest BCUT2D eigenvalue weighted by atomic mass is 15.3. The van der Waals surface area contributed by atoms with Gasteiger partial charge >= 0.3 is 0 Å². The Labute approximate surface area is 144 Å². The van der Waals surface area contributed by atoms with Crippen molar-refractivity contribution in [3.63, 3.8) is 0 Å². The van der Waals surface area contributed by atoms with Crippen LogP contribution in [0.2, 0.25) is 0 Å². The third kappa shape index (κ3) is 3.46. The Bertz CT molecular complexity index is 582. The molecule has 6 heteroatoms. The molecule has 0 spiro atoms. The summed E-state index contributed by atoms with van der Waals surface area (Å²) in [6, 6.07) is 2.67. The second-order valence-electron chi connectivity index (χ2n) is 6.91. The highest BCUT2D eigenvalue weighted by Gasteiger charge is 2.31. The SMILES string of the molecule is CCc1c(N)ncnc1N1CCN(C(C#N)C2CCCCC2)CC1. The molecule has 2 N–H and O–H groups in total. The summed E-state index contributed by atoms with van der Waals surface area (Å²) in [5.41, 5.74) is 7.04. The van der Waals surface area contributed by atoms with Gasteiger partial charge in [-0.3, -0.25) is 4.90 Å². The van der Waals surface area contributed by atoms with Gasteiger partial charge in [0.05, 0.1) is 6.07 Å². The molecule has 1 aliphatic carbocycles. The van der Waals surface area contributed by atoms with E-state index in [9.17, 15) is 5.26 Å². The summed E-state index contributed by atoms with van der Waals surface area (Å²) in [5, 5.41) is 9.69. The lowest BCUT2D eigenvalue weighted by molar-refractivity contribution is 0.146. The molecule has 1 aromatic heterocycles. The van der Waals surface area contributed by atoms with Crippen LogP contribution in [0.5, 0.6) is 0 Å². The van der Waals surface area contributed by atoms with E-state index in [1.54, 1.807) is 6.33 Å². The summed E-state index contributed by atoms with van der Waals surface area (Å²) in [6.07, 6.45) is 8.70. The van der Waals surface area contributed by atoms with Gasteiger partial charge in [0, 0.05) is 31.7 Å². The van der Waals surface area contributed by atoms with E-state index in [0.717, 1.165) is 44.0 Å². The molecule has 0 bridgehead atoms. The molecule has 1 aromatic rings. The van der Waals surface area contributed by atoms with Crippen LogP contribution in [-0.2, 0) is 6.42 Å². The molecule has 2 heterocycles. The fourth-order valence-corrected chi connectivity index (χ4v) is 4.17. The molecule has 0 radical (unpaired) electrons. The molecule has 2 fully saturated rings. The van der Waals surface area contributed by atoms with E-state index in [1.807, 2.05) is 0 Å². The number of hydrogen-bond acceptors (Lipinski definition) is 6. The lowest BCUT2D eigenvalue weighted by Crippen LogP contribution is -2.52. The van der Waals surface area contributed by atoms with Crippen LogP contribution in [0.15, 0.2) is 6.33 Å². The first-order valence-electron chi connectivity index (χ1n) is 9.22. The number of nitrogens with two attached hydrogens (primary N) is 1. The molecule has 1 atom stereocenters. The fourth-order valence-electron chi connectivity index (χ4n) is 4.17. The average Bonchev–Trinajstić information content (AvgIpc) is 2.64. The van der Waals surface area contributed by atoms with Crippen molar-refractivity contribution >= 4 is 11.6 Å². The van der Waals surface area contributed by atoms with Crippen molar-refractivity contribution in [3.05, 3.63) is 11.9 Å². The number of aromatic nitrogens is 2. The predicted octanol–water partition coefficient (Wildman–Crippen LogP) is 2.22. The maximum atomic E-state index is 9.69. The molecule has 1 saturated heterocycles. The molecule has 6 nitrogen and oxygen atoms in total. The number of piperazine rings is 1. The molecule has 1 unspecified atom stereocenters. The maximum Gasteiger partial charge on any atom is 0.137 e. The summed E-state index contributed by atoms with van der Waals surface area (Å²) in [7, 11) is 0. The standard InChI is InChI=1S/C18H28N6/c1-2-15-17(20)21-13-22-18(15)24-10-8-23(9-11-24)16(12-19)14-6-4-3-5-7-14/h13-14,16H,2-11H2,1H3,(H2,20,21,22). The van der Waals surface area contributed by atoms with Crippen LogP contribution >= 0.6 is 0 Å². The lowest BCUT2D eigenvalue weighted by atomic mass is 9.83. The van der Waals surface area contributed by atoms with Crippen LogP contribution in [0, 0.1) is 17.2 Å². The van der Waals surface area contributed by atoms with Crippen LogP contribution in [0.1, 0.15) is 44.6 Å². The fraction of sp³-hybridized carbons (Fsp3) is 0.722. The Hall–Kier alpha value is -1.87. The van der Waals surface area contributed by atoms with Crippen molar-refractivity contribution in [2.24, 2.45) is 5.92 Å². The van der Waals surface area contributed by atoms with E-state index >= 15 is 0 Å². The third-order valence-corrected chi connectivity index (χ3v) is 5.55. The van der Waals surface area contributed by atoms with Gasteiger partial charge in [0.1, 0.15) is 24.0 Å². The van der Waals surface area contributed by atoms with Crippen molar-refractivity contribution in [1.29, 1.82) is 5.26 Å². The highest BCUT2D eigenvalue weighted by molar-refractivity contribution is 5.56. The average molecular weight is 328 g/mol. The molecule has 1 saturated carbocycles. The van der Waals surface area contributed by atoms with Gasteiger partial charge in [-0.15, -0.1) is 0 Å². The number of nitrogen functional groups attached to an aromatic ring is 1. The van der Waals surface area contributed by atoms with Gasteiger partial charge in [-0.1, -0.05) is 26.2 Å². The number of anilines is 2. The molecular formula is C18H28N6. The van der Waals surface area contributed by atoms with E-state index in [4.69, 9.17) is 5.73 Å². The van der Waals surface area contributed by atoms with E-state index < -0.39 is 0 Å². The van der Waals surface area contributed by atoms with Gasteiger partial charge < -0.3 is 10.6 Å². The lowest BCUT2D eigenvalue weighted by Gasteiger charge is -2.41. The van der Waals surface area contributed by atoms with Crippen LogP contribution in [-0.4, -0.2) is 47.1 Å². The van der Waals surface area contributed by atoms with E-state index in [1.165, 1.54) is 32.1 Å². The molecule has 0 amide bonds. The molecule has 24 heavy (non-hydrogen) atoms. The van der Waals surface area contributed by atoms with Gasteiger partial charge in [0.15, 0.2) is 0 Å². The number of nitrogens with zero attached hydrogens (tertiary/aromatic N) is 5. The second kappa shape index (κ2) is 7.80. The van der Waals surface area contributed by atoms with Gasteiger partial charge in [-0.25, -0.2) is 9.97 Å².